The average Bonchev–Trinajstić information content (AvgIpc) is 1.45. The van der Waals surface area contributed by atoms with Gasteiger partial charge in [-0.2, -0.15) is 106 Å². The van der Waals surface area contributed by atoms with E-state index in [1.165, 1.54) is 102 Å². The molecule has 0 spiro atoms. The third-order valence-electron chi connectivity index (χ3n) is 27.6. The first-order valence-corrected chi connectivity index (χ1v) is 46.7. The van der Waals surface area contributed by atoms with Gasteiger partial charge < -0.3 is 19.8 Å². The number of aromatic nitrogens is 12. The van der Waals surface area contributed by atoms with Crippen LogP contribution in [0.1, 0.15) is 218 Å². The van der Waals surface area contributed by atoms with Crippen LogP contribution < -0.4 is 0 Å². The Morgan fingerprint density at radius 3 is 0.964 bits per heavy atom. The molecule has 10 heterocycles. The molecular weight excluding hydrogens is 2110 g/mol. The number of aliphatic hydroxyl groups is 2. The second kappa shape index (κ2) is 43.6. The second-order valence-electron chi connectivity index (χ2n) is 38.1. The molecule has 10 aromatic carbocycles. The largest absolute Gasteiger partial charge is 0.496 e. The Kier molecular flexibility index (Phi) is 33.7. The molecule has 20 rings (SSSR count). The number of pyridine rings is 2. The zero-order chi connectivity index (χ0) is 98.5. The third-order valence-corrected chi connectivity index (χ3v) is 28.0. The normalized spacial score (nSPS) is 14.4. The van der Waals surface area contributed by atoms with Gasteiger partial charge in [-0.1, -0.05) is 302 Å². The Hall–Kier alpha value is -12.0. The minimum absolute atomic E-state index is 0. The quantitative estimate of drug-likeness (QED) is 0.0483. The van der Waals surface area contributed by atoms with E-state index >= 15 is 0 Å². The minimum atomic E-state index is -4.97. The van der Waals surface area contributed by atoms with Crippen molar-refractivity contribution in [3.63, 3.8) is 0 Å². The molecule has 0 saturated carbocycles. The Morgan fingerprint density at radius 2 is 0.652 bits per heavy atom. The number of benzene rings is 10. The zero-order valence-electron chi connectivity index (χ0n) is 81.9. The van der Waals surface area contributed by atoms with E-state index < -0.39 is 28.5 Å². The van der Waals surface area contributed by atoms with E-state index in [1.807, 2.05) is 85.3 Å². The number of hydrogen-bond donors (Lipinski definition) is 3. The third kappa shape index (κ3) is 20.2. The molecule has 3 aliphatic rings. The Morgan fingerprint density at radius 1 is 0.348 bits per heavy atom. The summed E-state index contributed by atoms with van der Waals surface area (Å²) in [7, 11) is 2.00. The Labute approximate surface area is 837 Å². The van der Waals surface area contributed by atoms with E-state index in [1.54, 1.807) is 18.2 Å². The van der Waals surface area contributed by atoms with Gasteiger partial charge in [-0.15, -0.1) is 28.8 Å². The average molecular weight is 2230 g/mol. The van der Waals surface area contributed by atoms with E-state index in [2.05, 4.69) is 360 Å². The van der Waals surface area contributed by atoms with E-state index in [4.69, 9.17) is 44.2 Å². The Bertz CT molecular complexity index is 6440. The van der Waals surface area contributed by atoms with Crippen molar-refractivity contribution >= 4 is 33.1 Å². The maximum Gasteiger partial charge on any atom is 0.496 e. The van der Waals surface area contributed by atoms with Gasteiger partial charge in [-0.05, 0) is 132 Å². The van der Waals surface area contributed by atoms with Crippen LogP contribution in [0.2, 0.25) is 0 Å². The number of para-hydroxylation sites is 9. The summed E-state index contributed by atoms with van der Waals surface area (Å²) in [4.78, 5) is 17.3. The summed E-state index contributed by atoms with van der Waals surface area (Å²) in [5, 5.41) is 28.2. The van der Waals surface area contributed by atoms with Gasteiger partial charge in [-0.25, -0.2) is 18.6 Å². The van der Waals surface area contributed by atoms with Crippen LogP contribution in [0.25, 0.3) is 107 Å². The van der Waals surface area contributed by atoms with Gasteiger partial charge in [-0.3, -0.25) is 28.1 Å². The van der Waals surface area contributed by atoms with Crippen LogP contribution in [0.5, 0.6) is 0 Å². The van der Waals surface area contributed by atoms with Crippen LogP contribution in [-0.4, -0.2) is 97.1 Å². The van der Waals surface area contributed by atoms with Crippen LogP contribution in [-0.2, 0) is 83.8 Å². The van der Waals surface area contributed by atoms with Crippen molar-refractivity contribution in [3.05, 3.63) is 372 Å². The fourth-order valence-corrected chi connectivity index (χ4v) is 18.5. The maximum atomic E-state index is 14.7. The minimum Gasteiger partial charge on any atom is -0.400 e. The summed E-state index contributed by atoms with van der Waals surface area (Å²) >= 11 is -3.68. The van der Waals surface area contributed by atoms with Crippen molar-refractivity contribution in [1.82, 2.24) is 58.4 Å². The Balaban J connectivity index is 0.000000161. The summed E-state index contributed by atoms with van der Waals surface area (Å²) in [6, 6.07) is 97.4. The van der Waals surface area contributed by atoms with Gasteiger partial charge in [0.25, 0.3) is 11.1 Å². The van der Waals surface area contributed by atoms with E-state index in [-0.39, 0.29) is 78.3 Å². The molecule has 722 valence electrons. The van der Waals surface area contributed by atoms with E-state index in [0.29, 0.717) is 40.9 Å². The van der Waals surface area contributed by atoms with Gasteiger partial charge in [0.1, 0.15) is 11.8 Å². The smallest absolute Gasteiger partial charge is 0.400 e. The van der Waals surface area contributed by atoms with Crippen LogP contribution in [0.3, 0.4) is 0 Å². The van der Waals surface area contributed by atoms with Crippen molar-refractivity contribution in [2.45, 2.75) is 200 Å². The summed E-state index contributed by atoms with van der Waals surface area (Å²) in [5.74, 6) is 1.31. The van der Waals surface area contributed by atoms with Crippen LogP contribution in [0, 0.1) is 36.2 Å². The van der Waals surface area contributed by atoms with Gasteiger partial charge in [0, 0.05) is 99.2 Å². The number of imidazole rings is 2. The standard InChI is InChI=1S/C24H24FN3.C24H23FN3.3C21H21N2.CHF3O2S.2CH4O.2Ir/c2*1-15(2)17-9-7-10-18(16(3)4)22(17)28-21-13-6-5-12-20(21)27-24(28)19-11-8-14-26-23(19)25;3*1-20(2)17-12-8-9-13-18(17)23-19(21(20,3)4)16(14-22-23)15-10-6-5-7-11-15;2-1(3,4)7(5)6;2*1-2;;/h5-16H,1-4H3;5-10,12-16H,1-4H3;3*5-12,14H,1-4H3;(H,5,6);2*2H,1H3;;/q;4*-1;;;;;. The summed E-state index contributed by atoms with van der Waals surface area (Å²) in [5.41, 5.74) is 24.5. The molecule has 24 heteroatoms. The molecular formula is C114H119F5Ir2N12O4S-4. The molecule has 0 bridgehead atoms. The van der Waals surface area contributed by atoms with Crippen molar-refractivity contribution in [1.29, 1.82) is 0 Å². The first-order chi connectivity index (χ1) is 64.7. The first-order valence-electron chi connectivity index (χ1n) is 45.6. The topological polar surface area (TPSA) is 193 Å². The molecule has 3 N–H and O–H groups in total. The van der Waals surface area contributed by atoms with Crippen molar-refractivity contribution < 1.29 is 81.1 Å². The van der Waals surface area contributed by atoms with Gasteiger partial charge in [0.05, 0.1) is 74.8 Å². The van der Waals surface area contributed by atoms with Crippen molar-refractivity contribution in [3.8, 4) is 84.6 Å². The first kappa shape index (κ1) is 106. The molecule has 0 saturated heterocycles. The molecule has 1 unspecified atom stereocenters. The van der Waals surface area contributed by atoms with Crippen LogP contribution in [0.4, 0.5) is 22.0 Å². The maximum absolute atomic E-state index is 14.7. The van der Waals surface area contributed by atoms with Crippen molar-refractivity contribution in [2.75, 3.05) is 14.2 Å². The van der Waals surface area contributed by atoms with Gasteiger partial charge in [0.15, 0.2) is 0 Å². The van der Waals surface area contributed by atoms with Gasteiger partial charge >= 0.3 is 5.51 Å². The molecule has 7 aromatic heterocycles. The SMILES string of the molecule is CC(C)c1cccc(C(C)C)c1-n1c(-c2[c-]ccnc2F)nc2ccccc21.CC(C)c1cccc(C(C)C)c1-n1c(-c2cccnc2F)nc2ccccc21.CC1(C)c2ccc[c-]c2-n2ncc(-c3ccccc3)c2C1(C)C.CC1(C)c2ccc[c-]c2-n2ncc(-c3ccccc3)c2C1(C)C.CC1(C)c2ccc[c-]c2-n2ncc(-c3ccccc3)c2C1(C)C.CO.CO.O=S(O)C(F)(F)F.[Ir].[Ir]. The molecule has 138 heavy (non-hydrogen) atoms. The molecule has 2 radical (unpaired) electrons. The molecule has 3 aliphatic heterocycles. The molecule has 0 fully saturated rings. The van der Waals surface area contributed by atoms with Crippen LogP contribution >= 0.6 is 0 Å². The molecule has 1 atom stereocenters. The second-order valence-corrected chi connectivity index (χ2v) is 39.1. The molecule has 16 nitrogen and oxygen atoms in total. The van der Waals surface area contributed by atoms with E-state index in [0.717, 1.165) is 64.7 Å². The number of aliphatic hydroxyl groups excluding tert-OH is 2. The number of hydrogen-bond acceptors (Lipinski definition) is 10. The molecule has 0 amide bonds. The summed E-state index contributed by atoms with van der Waals surface area (Å²) in [6.45, 7) is 45.3. The van der Waals surface area contributed by atoms with Crippen molar-refractivity contribution in [2.24, 2.45) is 0 Å². The fraction of sp³-hybridized carbons (Fsp3) is 0.289. The number of fused-ring (bicyclic) bond motifs is 11. The summed E-state index contributed by atoms with van der Waals surface area (Å²) in [6.07, 6.45) is 8.87. The number of rotatable bonds is 11. The molecule has 0 aliphatic carbocycles. The number of halogens is 5. The summed E-state index contributed by atoms with van der Waals surface area (Å²) < 4.78 is 87.9. The van der Waals surface area contributed by atoms with E-state index in [9.17, 15) is 22.0 Å². The van der Waals surface area contributed by atoms with Gasteiger partial charge in [0.2, 0.25) is 5.95 Å². The number of alkyl halides is 3. The zero-order valence-corrected chi connectivity index (χ0v) is 87.6. The molecule has 17 aromatic rings. The predicted octanol–water partition coefficient (Wildman–Crippen LogP) is 27.4. The van der Waals surface area contributed by atoms with Crippen LogP contribution in [0.15, 0.2) is 280 Å². The fourth-order valence-electron chi connectivity index (χ4n) is 18.5. The number of nitrogens with zero attached hydrogens (tertiary/aromatic N) is 12. The monoisotopic (exact) mass is 2230 g/mol. The predicted molar refractivity (Wildman–Crippen MR) is 538 cm³/mol.